The molecule has 1 aliphatic heterocycles. The van der Waals surface area contributed by atoms with E-state index in [2.05, 4.69) is 18.0 Å². The molecule has 4 rings (SSSR count). The molecule has 3 heterocycles. The van der Waals surface area contributed by atoms with Gasteiger partial charge in [0.1, 0.15) is 18.1 Å². The lowest BCUT2D eigenvalue weighted by atomic mass is 10.0. The normalized spacial score (nSPS) is 16.2. The van der Waals surface area contributed by atoms with Crippen LogP contribution in [-0.4, -0.2) is 53.2 Å². The molecule has 2 atom stereocenters. The van der Waals surface area contributed by atoms with E-state index in [1.165, 1.54) is 16.0 Å². The molecule has 7 heteroatoms. The molecule has 1 aromatic carbocycles. The van der Waals surface area contributed by atoms with Crippen molar-refractivity contribution in [2.75, 3.05) is 26.2 Å². The molecule has 2 aromatic heterocycles. The van der Waals surface area contributed by atoms with Gasteiger partial charge in [-0.25, -0.2) is 0 Å². The Balaban J connectivity index is 1.47. The first kappa shape index (κ1) is 25.2. The van der Waals surface area contributed by atoms with Crippen molar-refractivity contribution in [1.29, 1.82) is 0 Å². The van der Waals surface area contributed by atoms with Gasteiger partial charge < -0.3 is 19.2 Å². The van der Waals surface area contributed by atoms with Crippen LogP contribution < -0.4 is 4.74 Å². The molecule has 0 saturated heterocycles. The highest BCUT2D eigenvalue weighted by atomic mass is 32.1. The van der Waals surface area contributed by atoms with Crippen LogP contribution in [0.5, 0.6) is 5.75 Å². The van der Waals surface area contributed by atoms with Crippen LogP contribution in [0.25, 0.3) is 0 Å². The molecule has 1 aliphatic rings. The summed E-state index contributed by atoms with van der Waals surface area (Å²) in [6.07, 6.45) is 5.08. The standard InChI is InChI=1S/C28H34N2O4S/c1-3-4-6-22(31)17-29(18-24-7-5-15-33-24)19-28(32)30-14-12-27-25(13-16-35-27)26(30)20-34-23-10-8-21(2)9-11-23/h3,5,7-11,13,15-16,22,26,31H,1,4,6,12,14,17-20H2,2H3/t22-,26-/m1/s1. The number of benzene rings is 1. The van der Waals surface area contributed by atoms with E-state index in [0.717, 1.165) is 24.4 Å². The third kappa shape index (κ3) is 6.84. The van der Waals surface area contributed by atoms with Gasteiger partial charge in [-0.3, -0.25) is 9.69 Å². The summed E-state index contributed by atoms with van der Waals surface area (Å²) in [4.78, 5) is 18.9. The summed E-state index contributed by atoms with van der Waals surface area (Å²) < 4.78 is 11.7. The van der Waals surface area contributed by atoms with E-state index in [1.807, 2.05) is 53.1 Å². The number of aliphatic hydroxyl groups is 1. The van der Waals surface area contributed by atoms with Gasteiger partial charge in [0.15, 0.2) is 0 Å². The number of thiophene rings is 1. The maximum absolute atomic E-state index is 13.6. The molecule has 0 aliphatic carbocycles. The van der Waals surface area contributed by atoms with E-state index in [9.17, 15) is 9.90 Å². The molecule has 1 amide bonds. The lowest BCUT2D eigenvalue weighted by Crippen LogP contribution is -2.47. The molecule has 0 radical (unpaired) electrons. The summed E-state index contributed by atoms with van der Waals surface area (Å²) in [7, 11) is 0. The fraction of sp³-hybridized carbons (Fsp3) is 0.393. The quantitative estimate of drug-likeness (QED) is 0.360. The van der Waals surface area contributed by atoms with Crippen molar-refractivity contribution < 1.29 is 19.1 Å². The predicted molar refractivity (Wildman–Crippen MR) is 139 cm³/mol. The Labute approximate surface area is 211 Å². The number of carbonyl (C=O) groups is 1. The average molecular weight is 495 g/mol. The minimum Gasteiger partial charge on any atom is -0.491 e. The number of hydrogen-bond acceptors (Lipinski definition) is 6. The van der Waals surface area contributed by atoms with Crippen LogP contribution in [0.3, 0.4) is 0 Å². The lowest BCUT2D eigenvalue weighted by Gasteiger charge is -2.37. The number of furan rings is 1. The van der Waals surface area contributed by atoms with Crippen LogP contribution >= 0.6 is 11.3 Å². The van der Waals surface area contributed by atoms with Gasteiger partial charge >= 0.3 is 0 Å². The highest BCUT2D eigenvalue weighted by Crippen LogP contribution is 2.34. The monoisotopic (exact) mass is 494 g/mol. The topological polar surface area (TPSA) is 66.2 Å². The van der Waals surface area contributed by atoms with Crippen molar-refractivity contribution in [3.05, 3.63) is 88.5 Å². The van der Waals surface area contributed by atoms with Crippen molar-refractivity contribution >= 4 is 17.2 Å². The Morgan fingerprint density at radius 2 is 2.17 bits per heavy atom. The summed E-state index contributed by atoms with van der Waals surface area (Å²) >= 11 is 1.74. The van der Waals surface area contributed by atoms with Crippen LogP contribution in [0.2, 0.25) is 0 Å². The Kier molecular flexibility index (Phi) is 8.79. The molecule has 6 nitrogen and oxygen atoms in total. The summed E-state index contributed by atoms with van der Waals surface area (Å²) in [6.45, 7) is 7.90. The van der Waals surface area contributed by atoms with Crippen LogP contribution in [0.4, 0.5) is 0 Å². The summed E-state index contributed by atoms with van der Waals surface area (Å²) in [5, 5.41) is 12.6. The Hall–Kier alpha value is -2.87. The summed E-state index contributed by atoms with van der Waals surface area (Å²) in [6, 6.07) is 13.7. The van der Waals surface area contributed by atoms with Gasteiger partial charge in [-0.1, -0.05) is 23.8 Å². The molecular formula is C28H34N2O4S. The molecule has 186 valence electrons. The molecule has 0 saturated carbocycles. The zero-order valence-corrected chi connectivity index (χ0v) is 21.1. The minimum absolute atomic E-state index is 0.0295. The third-order valence-electron chi connectivity index (χ3n) is 6.34. The third-order valence-corrected chi connectivity index (χ3v) is 7.33. The zero-order chi connectivity index (χ0) is 24.6. The molecule has 1 N–H and O–H groups in total. The van der Waals surface area contributed by atoms with Gasteiger partial charge in [0.05, 0.1) is 31.5 Å². The number of ether oxygens (including phenoxy) is 1. The van der Waals surface area contributed by atoms with Gasteiger partial charge in [0.25, 0.3) is 0 Å². The first-order chi connectivity index (χ1) is 17.0. The van der Waals surface area contributed by atoms with Crippen LogP contribution in [-0.2, 0) is 17.8 Å². The zero-order valence-electron chi connectivity index (χ0n) is 20.3. The van der Waals surface area contributed by atoms with Gasteiger partial charge in [-0.05, 0) is 67.5 Å². The Bertz CT molecular complexity index is 1080. The second-order valence-corrected chi connectivity index (χ2v) is 10.0. The average Bonchev–Trinajstić information content (AvgIpc) is 3.54. The van der Waals surface area contributed by atoms with Crippen molar-refractivity contribution in [1.82, 2.24) is 9.80 Å². The number of aryl methyl sites for hydroxylation is 1. The van der Waals surface area contributed by atoms with Crippen LogP contribution in [0.1, 0.15) is 40.6 Å². The molecular weight excluding hydrogens is 460 g/mol. The molecule has 0 unspecified atom stereocenters. The minimum atomic E-state index is -0.540. The number of nitrogens with zero attached hydrogens (tertiary/aromatic N) is 2. The Morgan fingerprint density at radius 1 is 1.34 bits per heavy atom. The van der Waals surface area contributed by atoms with Crippen molar-refractivity contribution in [2.45, 2.75) is 44.9 Å². The van der Waals surface area contributed by atoms with Crippen molar-refractivity contribution in [3.63, 3.8) is 0 Å². The van der Waals surface area contributed by atoms with E-state index in [1.54, 1.807) is 23.7 Å². The van der Waals surface area contributed by atoms with E-state index in [-0.39, 0.29) is 18.5 Å². The highest BCUT2D eigenvalue weighted by molar-refractivity contribution is 7.10. The van der Waals surface area contributed by atoms with E-state index >= 15 is 0 Å². The lowest BCUT2D eigenvalue weighted by molar-refractivity contribution is -0.136. The summed E-state index contributed by atoms with van der Waals surface area (Å²) in [5.74, 6) is 1.60. The fourth-order valence-electron chi connectivity index (χ4n) is 4.47. The van der Waals surface area contributed by atoms with E-state index in [4.69, 9.17) is 9.15 Å². The van der Waals surface area contributed by atoms with Gasteiger partial charge in [0, 0.05) is 18.0 Å². The maximum Gasteiger partial charge on any atom is 0.237 e. The first-order valence-corrected chi connectivity index (χ1v) is 13.0. The Morgan fingerprint density at radius 3 is 2.91 bits per heavy atom. The fourth-order valence-corrected chi connectivity index (χ4v) is 5.40. The van der Waals surface area contributed by atoms with Crippen molar-refractivity contribution in [3.8, 4) is 5.75 Å². The number of amides is 1. The molecule has 0 spiro atoms. The number of rotatable bonds is 12. The van der Waals surface area contributed by atoms with Gasteiger partial charge in [-0.15, -0.1) is 17.9 Å². The molecule has 0 fully saturated rings. The highest BCUT2D eigenvalue weighted by Gasteiger charge is 2.33. The number of aliphatic hydroxyl groups excluding tert-OH is 1. The first-order valence-electron chi connectivity index (χ1n) is 12.1. The largest absolute Gasteiger partial charge is 0.491 e. The van der Waals surface area contributed by atoms with E-state index in [0.29, 0.717) is 32.7 Å². The summed E-state index contributed by atoms with van der Waals surface area (Å²) in [5.41, 5.74) is 2.35. The van der Waals surface area contributed by atoms with E-state index < -0.39 is 6.10 Å². The van der Waals surface area contributed by atoms with Crippen LogP contribution in [0, 0.1) is 6.92 Å². The number of hydrogen-bond donors (Lipinski definition) is 1. The molecule has 0 bridgehead atoms. The van der Waals surface area contributed by atoms with Gasteiger partial charge in [0.2, 0.25) is 5.91 Å². The molecule has 35 heavy (non-hydrogen) atoms. The SMILES string of the molecule is C=CCC[C@@H](O)CN(CC(=O)N1CCc2sccc2[C@H]1COc1ccc(C)cc1)Cc1ccco1. The second-order valence-electron chi connectivity index (χ2n) is 9.04. The van der Waals surface area contributed by atoms with Crippen molar-refractivity contribution in [2.24, 2.45) is 0 Å². The smallest absolute Gasteiger partial charge is 0.237 e. The number of carbonyl (C=O) groups excluding carboxylic acids is 1. The van der Waals surface area contributed by atoms with Crippen LogP contribution in [0.15, 0.2) is 71.2 Å². The maximum atomic E-state index is 13.6. The number of fused-ring (bicyclic) bond motifs is 1. The second kappa shape index (κ2) is 12.2. The number of allylic oxidation sites excluding steroid dienone is 1. The van der Waals surface area contributed by atoms with Gasteiger partial charge in [-0.2, -0.15) is 0 Å². The molecule has 3 aromatic rings. The predicted octanol–water partition coefficient (Wildman–Crippen LogP) is 4.98.